The van der Waals surface area contributed by atoms with Gasteiger partial charge in [0.1, 0.15) is 6.04 Å². The van der Waals surface area contributed by atoms with Gasteiger partial charge in [0.25, 0.3) is 0 Å². The number of nitrogens with one attached hydrogen (secondary N) is 1. The Morgan fingerprint density at radius 2 is 1.70 bits per heavy atom. The van der Waals surface area contributed by atoms with Crippen molar-refractivity contribution in [1.82, 2.24) is 9.88 Å². The number of benzene rings is 2. The standard InChI is InChI=1S/C18H18N2O3/c1-12(14-8-4-3-5-9-14)19-17(21)13(2)20-15-10-6-7-11-16(15)23-18(20)22/h3-13H,1-2H3,(H,19,21). The summed E-state index contributed by atoms with van der Waals surface area (Å²) in [6.07, 6.45) is 0. The predicted molar refractivity (Wildman–Crippen MR) is 88.2 cm³/mol. The van der Waals surface area contributed by atoms with E-state index in [1.54, 1.807) is 25.1 Å². The van der Waals surface area contributed by atoms with Crippen LogP contribution in [0.3, 0.4) is 0 Å². The Hall–Kier alpha value is -2.82. The van der Waals surface area contributed by atoms with Crippen LogP contribution in [0, 0.1) is 0 Å². The number of hydrogen-bond acceptors (Lipinski definition) is 3. The Kier molecular flexibility index (Phi) is 4.02. The number of para-hydroxylation sites is 2. The lowest BCUT2D eigenvalue weighted by Crippen LogP contribution is -2.35. The van der Waals surface area contributed by atoms with E-state index in [-0.39, 0.29) is 11.9 Å². The molecule has 0 saturated carbocycles. The van der Waals surface area contributed by atoms with Crippen molar-refractivity contribution in [1.29, 1.82) is 0 Å². The van der Waals surface area contributed by atoms with Crippen molar-refractivity contribution in [2.75, 3.05) is 0 Å². The molecule has 118 valence electrons. The number of nitrogens with zero attached hydrogens (tertiary/aromatic N) is 1. The molecule has 0 aliphatic rings. The highest BCUT2D eigenvalue weighted by molar-refractivity contribution is 5.83. The van der Waals surface area contributed by atoms with E-state index in [9.17, 15) is 9.59 Å². The third-order valence-corrected chi connectivity index (χ3v) is 3.94. The van der Waals surface area contributed by atoms with Crippen LogP contribution in [-0.2, 0) is 4.79 Å². The van der Waals surface area contributed by atoms with Gasteiger partial charge in [-0.2, -0.15) is 0 Å². The maximum absolute atomic E-state index is 12.5. The highest BCUT2D eigenvalue weighted by Gasteiger charge is 2.22. The highest BCUT2D eigenvalue weighted by atomic mass is 16.4. The maximum Gasteiger partial charge on any atom is 0.420 e. The number of rotatable bonds is 4. The molecule has 1 heterocycles. The van der Waals surface area contributed by atoms with Gasteiger partial charge >= 0.3 is 5.76 Å². The molecule has 0 radical (unpaired) electrons. The second kappa shape index (κ2) is 6.12. The first-order valence-electron chi connectivity index (χ1n) is 7.53. The van der Waals surface area contributed by atoms with Gasteiger partial charge in [-0.05, 0) is 31.5 Å². The SMILES string of the molecule is CC(NC(=O)C(C)n1c(=O)oc2ccccc21)c1ccccc1. The van der Waals surface area contributed by atoms with E-state index in [1.165, 1.54) is 4.57 Å². The summed E-state index contributed by atoms with van der Waals surface area (Å²) >= 11 is 0. The number of carbonyl (C=O) groups is 1. The molecular weight excluding hydrogens is 292 g/mol. The molecular formula is C18H18N2O3. The summed E-state index contributed by atoms with van der Waals surface area (Å²) in [6, 6.07) is 16.0. The van der Waals surface area contributed by atoms with Gasteiger partial charge in [0.15, 0.2) is 5.58 Å². The lowest BCUT2D eigenvalue weighted by molar-refractivity contribution is -0.124. The smallest absolute Gasteiger partial charge is 0.408 e. The quantitative estimate of drug-likeness (QED) is 0.805. The van der Waals surface area contributed by atoms with E-state index >= 15 is 0 Å². The number of hydrogen-bond donors (Lipinski definition) is 1. The first-order valence-corrected chi connectivity index (χ1v) is 7.53. The summed E-state index contributed by atoms with van der Waals surface area (Å²) < 4.78 is 6.56. The number of fused-ring (bicyclic) bond motifs is 1. The summed E-state index contributed by atoms with van der Waals surface area (Å²) in [7, 11) is 0. The van der Waals surface area contributed by atoms with Crippen molar-refractivity contribution in [2.24, 2.45) is 0 Å². The molecule has 0 spiro atoms. The largest absolute Gasteiger partial charge is 0.420 e. The Bertz CT molecular complexity index is 880. The van der Waals surface area contributed by atoms with Crippen molar-refractivity contribution in [3.8, 4) is 0 Å². The van der Waals surface area contributed by atoms with E-state index in [0.717, 1.165) is 5.56 Å². The molecule has 0 bridgehead atoms. The minimum atomic E-state index is -0.655. The second-order valence-corrected chi connectivity index (χ2v) is 5.52. The molecule has 2 aromatic carbocycles. The maximum atomic E-state index is 12.5. The average Bonchev–Trinajstić information content (AvgIpc) is 2.90. The second-order valence-electron chi connectivity index (χ2n) is 5.52. The molecule has 2 atom stereocenters. The van der Waals surface area contributed by atoms with Crippen LogP contribution < -0.4 is 11.1 Å². The first-order chi connectivity index (χ1) is 11.1. The first kappa shape index (κ1) is 15.1. The summed E-state index contributed by atoms with van der Waals surface area (Å²) in [5.74, 6) is -0.753. The van der Waals surface area contributed by atoms with Gasteiger partial charge < -0.3 is 9.73 Å². The van der Waals surface area contributed by atoms with Gasteiger partial charge in [-0.25, -0.2) is 4.79 Å². The fourth-order valence-corrected chi connectivity index (χ4v) is 2.63. The predicted octanol–water partition coefficient (Wildman–Crippen LogP) is 3.03. The van der Waals surface area contributed by atoms with Crippen LogP contribution in [0.4, 0.5) is 0 Å². The topological polar surface area (TPSA) is 64.2 Å². The molecule has 0 fully saturated rings. The summed E-state index contributed by atoms with van der Waals surface area (Å²) in [6.45, 7) is 3.60. The third kappa shape index (κ3) is 2.90. The molecule has 0 aliphatic heterocycles. The van der Waals surface area contributed by atoms with Crippen molar-refractivity contribution < 1.29 is 9.21 Å². The lowest BCUT2D eigenvalue weighted by atomic mass is 10.1. The van der Waals surface area contributed by atoms with Crippen LogP contribution in [0.2, 0.25) is 0 Å². The molecule has 1 amide bonds. The summed E-state index contributed by atoms with van der Waals surface area (Å²) in [4.78, 5) is 24.6. The van der Waals surface area contributed by atoms with Gasteiger partial charge in [-0.1, -0.05) is 42.5 Å². The zero-order valence-corrected chi connectivity index (χ0v) is 13.0. The highest BCUT2D eigenvalue weighted by Crippen LogP contribution is 2.18. The molecule has 2 unspecified atom stereocenters. The van der Waals surface area contributed by atoms with Crippen molar-refractivity contribution >= 4 is 17.0 Å². The average molecular weight is 310 g/mol. The fraction of sp³-hybridized carbons (Fsp3) is 0.222. The van der Waals surface area contributed by atoms with Gasteiger partial charge in [-0.3, -0.25) is 9.36 Å². The van der Waals surface area contributed by atoms with Crippen LogP contribution in [0.1, 0.15) is 31.5 Å². The Balaban J connectivity index is 1.84. The van der Waals surface area contributed by atoms with Gasteiger partial charge in [0.2, 0.25) is 5.91 Å². The minimum Gasteiger partial charge on any atom is -0.408 e. The lowest BCUT2D eigenvalue weighted by Gasteiger charge is -2.18. The van der Waals surface area contributed by atoms with E-state index in [2.05, 4.69) is 5.32 Å². The number of oxazole rings is 1. The molecule has 23 heavy (non-hydrogen) atoms. The van der Waals surface area contributed by atoms with Crippen LogP contribution in [0.15, 0.2) is 63.8 Å². The van der Waals surface area contributed by atoms with Crippen LogP contribution in [-0.4, -0.2) is 10.5 Å². The zero-order chi connectivity index (χ0) is 16.4. The Morgan fingerprint density at radius 3 is 2.43 bits per heavy atom. The molecule has 5 nitrogen and oxygen atoms in total. The molecule has 3 rings (SSSR count). The van der Waals surface area contributed by atoms with E-state index in [4.69, 9.17) is 4.42 Å². The molecule has 3 aromatic rings. The molecule has 0 saturated heterocycles. The molecule has 0 aliphatic carbocycles. The molecule has 5 heteroatoms. The third-order valence-electron chi connectivity index (χ3n) is 3.94. The number of aromatic nitrogens is 1. The number of amides is 1. The van der Waals surface area contributed by atoms with Crippen molar-refractivity contribution in [2.45, 2.75) is 25.9 Å². The van der Waals surface area contributed by atoms with Gasteiger partial charge in [-0.15, -0.1) is 0 Å². The normalized spacial score (nSPS) is 13.7. The summed E-state index contributed by atoms with van der Waals surface area (Å²) in [5.41, 5.74) is 2.11. The van der Waals surface area contributed by atoms with Gasteiger partial charge in [0.05, 0.1) is 11.6 Å². The summed E-state index contributed by atoms with van der Waals surface area (Å²) in [5, 5.41) is 2.94. The van der Waals surface area contributed by atoms with Crippen LogP contribution in [0.5, 0.6) is 0 Å². The van der Waals surface area contributed by atoms with E-state index < -0.39 is 11.8 Å². The Morgan fingerprint density at radius 1 is 1.04 bits per heavy atom. The van der Waals surface area contributed by atoms with Crippen LogP contribution >= 0.6 is 0 Å². The van der Waals surface area contributed by atoms with E-state index in [0.29, 0.717) is 11.1 Å². The fourth-order valence-electron chi connectivity index (χ4n) is 2.63. The van der Waals surface area contributed by atoms with Gasteiger partial charge in [0, 0.05) is 0 Å². The Labute approximate surface area is 133 Å². The zero-order valence-electron chi connectivity index (χ0n) is 13.0. The minimum absolute atomic E-state index is 0.139. The molecule has 1 aromatic heterocycles. The number of carbonyl (C=O) groups excluding carboxylic acids is 1. The van der Waals surface area contributed by atoms with Crippen LogP contribution in [0.25, 0.3) is 11.1 Å². The van der Waals surface area contributed by atoms with Crippen molar-refractivity contribution in [3.63, 3.8) is 0 Å². The molecule has 1 N–H and O–H groups in total. The monoisotopic (exact) mass is 310 g/mol. The van der Waals surface area contributed by atoms with Crippen molar-refractivity contribution in [3.05, 3.63) is 70.7 Å². The van der Waals surface area contributed by atoms with E-state index in [1.807, 2.05) is 43.3 Å².